The molecule has 1 nitrogen and oxygen atoms in total. The molecule has 0 saturated carbocycles. The second kappa shape index (κ2) is 5.32. The van der Waals surface area contributed by atoms with Crippen LogP contribution in [0.15, 0.2) is 47.1 Å². The lowest BCUT2D eigenvalue weighted by molar-refractivity contribution is 1.30. The highest BCUT2D eigenvalue weighted by molar-refractivity contribution is 5.85. The van der Waals surface area contributed by atoms with Gasteiger partial charge >= 0.3 is 0 Å². The summed E-state index contributed by atoms with van der Waals surface area (Å²) >= 11 is 0. The molecule has 0 radical (unpaired) electrons. The summed E-state index contributed by atoms with van der Waals surface area (Å²) in [6.45, 7) is 8.04. The van der Waals surface area contributed by atoms with Gasteiger partial charge in [-0.05, 0) is 38.8 Å². The molecule has 1 heteroatoms. The maximum Gasteiger partial charge on any atom is 0.0997 e. The van der Waals surface area contributed by atoms with Gasteiger partial charge in [0, 0.05) is 0 Å². The molecule has 0 aliphatic heterocycles. The zero-order valence-corrected chi connectivity index (χ0v) is 10.3. The van der Waals surface area contributed by atoms with Crippen molar-refractivity contribution in [2.24, 2.45) is 0 Å². The van der Waals surface area contributed by atoms with Gasteiger partial charge in [0.05, 0.1) is 11.6 Å². The van der Waals surface area contributed by atoms with E-state index in [-0.39, 0.29) is 0 Å². The van der Waals surface area contributed by atoms with Crippen molar-refractivity contribution in [3.8, 4) is 6.07 Å². The molecular weight excluding hydrogens is 194 g/mol. The van der Waals surface area contributed by atoms with E-state index in [1.54, 1.807) is 0 Å². The van der Waals surface area contributed by atoms with Crippen molar-refractivity contribution in [2.45, 2.75) is 27.7 Å². The van der Waals surface area contributed by atoms with Gasteiger partial charge in [0.25, 0.3) is 0 Å². The minimum absolute atomic E-state index is 0.784. The fourth-order valence-electron chi connectivity index (χ4n) is 1.71. The van der Waals surface area contributed by atoms with Crippen LogP contribution in [0.25, 0.3) is 5.57 Å². The Bertz CT molecular complexity index is 462. The molecule has 0 spiro atoms. The number of rotatable bonds is 2. The molecule has 0 bridgehead atoms. The van der Waals surface area contributed by atoms with E-state index in [4.69, 9.17) is 0 Å². The fourth-order valence-corrected chi connectivity index (χ4v) is 1.71. The second-order valence-corrected chi connectivity index (χ2v) is 4.23. The van der Waals surface area contributed by atoms with Gasteiger partial charge in [-0.3, -0.25) is 0 Å². The summed E-state index contributed by atoms with van der Waals surface area (Å²) < 4.78 is 0. The van der Waals surface area contributed by atoms with E-state index in [2.05, 4.69) is 6.07 Å². The minimum Gasteiger partial charge on any atom is -0.192 e. The van der Waals surface area contributed by atoms with Crippen LogP contribution in [0.2, 0.25) is 0 Å². The SMILES string of the molecule is CC(C)=C(C#N)C(=C(C)C)c1ccccc1. The van der Waals surface area contributed by atoms with E-state index in [0.717, 1.165) is 22.3 Å². The van der Waals surface area contributed by atoms with E-state index >= 15 is 0 Å². The van der Waals surface area contributed by atoms with Crippen LogP contribution in [-0.4, -0.2) is 0 Å². The number of benzene rings is 1. The van der Waals surface area contributed by atoms with Gasteiger partial charge in [-0.1, -0.05) is 41.5 Å². The normalized spacial score (nSPS) is 9.19. The third-order valence-electron chi connectivity index (χ3n) is 2.42. The number of allylic oxidation sites excluding steroid dienone is 4. The van der Waals surface area contributed by atoms with Crippen molar-refractivity contribution in [2.75, 3.05) is 0 Å². The quantitative estimate of drug-likeness (QED) is 0.527. The summed E-state index contributed by atoms with van der Waals surface area (Å²) in [4.78, 5) is 0. The molecule has 0 heterocycles. The van der Waals surface area contributed by atoms with Crippen LogP contribution in [0.4, 0.5) is 0 Å². The van der Waals surface area contributed by atoms with Gasteiger partial charge in [-0.25, -0.2) is 0 Å². The standard InChI is InChI=1S/C15H17N/c1-11(2)14(10-16)15(12(3)4)13-8-6-5-7-9-13/h5-9H,1-4H3. The molecule has 0 N–H and O–H groups in total. The lowest BCUT2D eigenvalue weighted by atomic mass is 9.92. The molecule has 0 unspecified atom stereocenters. The van der Waals surface area contributed by atoms with Gasteiger partial charge in [0.15, 0.2) is 0 Å². The predicted molar refractivity (Wildman–Crippen MR) is 68.7 cm³/mol. The summed E-state index contributed by atoms with van der Waals surface area (Å²) in [6.07, 6.45) is 0. The Hall–Kier alpha value is -1.81. The van der Waals surface area contributed by atoms with E-state index < -0.39 is 0 Å². The Labute approximate surface area is 97.7 Å². The molecule has 1 aromatic rings. The molecule has 0 aromatic heterocycles. The molecule has 0 amide bonds. The van der Waals surface area contributed by atoms with Crippen molar-refractivity contribution in [3.63, 3.8) is 0 Å². The van der Waals surface area contributed by atoms with Crippen molar-refractivity contribution >= 4 is 5.57 Å². The van der Waals surface area contributed by atoms with Crippen LogP contribution in [0.5, 0.6) is 0 Å². The predicted octanol–water partition coefficient (Wildman–Crippen LogP) is 4.34. The average Bonchev–Trinajstić information content (AvgIpc) is 2.25. The van der Waals surface area contributed by atoms with Gasteiger partial charge in [-0.2, -0.15) is 5.26 Å². The summed E-state index contributed by atoms with van der Waals surface area (Å²) in [5.74, 6) is 0. The van der Waals surface area contributed by atoms with Crippen molar-refractivity contribution in [1.29, 1.82) is 5.26 Å². The van der Waals surface area contributed by atoms with Crippen LogP contribution in [0.3, 0.4) is 0 Å². The van der Waals surface area contributed by atoms with Crippen LogP contribution >= 0.6 is 0 Å². The van der Waals surface area contributed by atoms with Gasteiger partial charge in [0.2, 0.25) is 0 Å². The van der Waals surface area contributed by atoms with Gasteiger partial charge < -0.3 is 0 Å². The summed E-state index contributed by atoms with van der Waals surface area (Å²) in [5.41, 5.74) is 5.18. The number of nitriles is 1. The fraction of sp³-hybridized carbons (Fsp3) is 0.267. The molecule has 16 heavy (non-hydrogen) atoms. The Morgan fingerprint density at radius 3 is 1.88 bits per heavy atom. The molecular formula is C15H17N. The van der Waals surface area contributed by atoms with Crippen LogP contribution in [0, 0.1) is 11.3 Å². The van der Waals surface area contributed by atoms with Crippen LogP contribution < -0.4 is 0 Å². The monoisotopic (exact) mass is 211 g/mol. The highest BCUT2D eigenvalue weighted by atomic mass is 14.3. The van der Waals surface area contributed by atoms with Gasteiger partial charge in [0.1, 0.15) is 0 Å². The number of hydrogen-bond donors (Lipinski definition) is 0. The molecule has 0 fully saturated rings. The Morgan fingerprint density at radius 2 is 1.50 bits per heavy atom. The van der Waals surface area contributed by atoms with E-state index in [1.807, 2.05) is 58.0 Å². The molecule has 0 aliphatic rings. The topological polar surface area (TPSA) is 23.8 Å². The molecule has 82 valence electrons. The van der Waals surface area contributed by atoms with Crippen LogP contribution in [-0.2, 0) is 0 Å². The number of nitrogens with zero attached hydrogens (tertiary/aromatic N) is 1. The van der Waals surface area contributed by atoms with E-state index in [0.29, 0.717) is 0 Å². The molecule has 1 aromatic carbocycles. The maximum absolute atomic E-state index is 9.24. The Morgan fingerprint density at radius 1 is 0.938 bits per heavy atom. The molecule has 0 aliphatic carbocycles. The zero-order valence-electron chi connectivity index (χ0n) is 10.3. The smallest absolute Gasteiger partial charge is 0.0997 e. The molecule has 0 saturated heterocycles. The Balaban J connectivity index is 3.42. The lowest BCUT2D eigenvalue weighted by Gasteiger charge is -2.10. The van der Waals surface area contributed by atoms with Crippen molar-refractivity contribution < 1.29 is 0 Å². The maximum atomic E-state index is 9.24. The minimum atomic E-state index is 0.784. The largest absolute Gasteiger partial charge is 0.192 e. The second-order valence-electron chi connectivity index (χ2n) is 4.23. The third kappa shape index (κ3) is 2.61. The van der Waals surface area contributed by atoms with Crippen molar-refractivity contribution in [3.05, 3.63) is 52.6 Å². The van der Waals surface area contributed by atoms with Gasteiger partial charge in [-0.15, -0.1) is 0 Å². The Kier molecular flexibility index (Phi) is 4.08. The van der Waals surface area contributed by atoms with Crippen molar-refractivity contribution in [1.82, 2.24) is 0 Å². The van der Waals surface area contributed by atoms with E-state index in [1.165, 1.54) is 5.57 Å². The highest BCUT2D eigenvalue weighted by Gasteiger charge is 2.10. The van der Waals surface area contributed by atoms with Crippen LogP contribution in [0.1, 0.15) is 33.3 Å². The summed E-state index contributed by atoms with van der Waals surface area (Å²) in [7, 11) is 0. The first-order valence-electron chi connectivity index (χ1n) is 5.38. The zero-order chi connectivity index (χ0) is 12.1. The first-order valence-corrected chi connectivity index (χ1v) is 5.38. The first kappa shape index (κ1) is 12.3. The molecule has 1 rings (SSSR count). The highest BCUT2D eigenvalue weighted by Crippen LogP contribution is 2.28. The molecule has 0 atom stereocenters. The summed E-state index contributed by atoms with van der Waals surface area (Å²) in [5, 5.41) is 9.24. The summed E-state index contributed by atoms with van der Waals surface area (Å²) in [6, 6.07) is 12.4. The average molecular weight is 211 g/mol. The lowest BCUT2D eigenvalue weighted by Crippen LogP contribution is -1.93. The first-order chi connectivity index (χ1) is 7.57. The van der Waals surface area contributed by atoms with E-state index in [9.17, 15) is 5.26 Å². The number of hydrogen-bond acceptors (Lipinski definition) is 1. The third-order valence-corrected chi connectivity index (χ3v) is 2.42.